The van der Waals surface area contributed by atoms with E-state index in [0.717, 1.165) is 0 Å². The van der Waals surface area contributed by atoms with Gasteiger partial charge in [-0.25, -0.2) is 9.59 Å². The van der Waals surface area contributed by atoms with Crippen molar-refractivity contribution in [3.8, 4) is 0 Å². The van der Waals surface area contributed by atoms with E-state index < -0.39 is 37.2 Å². The minimum atomic E-state index is -4.61. The van der Waals surface area contributed by atoms with Gasteiger partial charge in [0.25, 0.3) is 5.91 Å². The molecule has 0 fully saturated rings. The second-order valence-corrected chi connectivity index (χ2v) is 6.54. The van der Waals surface area contributed by atoms with Gasteiger partial charge in [-0.2, -0.15) is 13.2 Å². The van der Waals surface area contributed by atoms with E-state index in [1.54, 1.807) is 37.3 Å². The summed E-state index contributed by atoms with van der Waals surface area (Å²) in [5.41, 5.74) is 1.19. The number of H-pyrrole nitrogens is 1. The summed E-state index contributed by atoms with van der Waals surface area (Å²) in [6.45, 7) is 0.383. The number of benzene rings is 1. The van der Waals surface area contributed by atoms with Crippen LogP contribution in [0.2, 0.25) is 0 Å². The Bertz CT molecular complexity index is 923. The Morgan fingerprint density at radius 1 is 1.07 bits per heavy atom. The van der Waals surface area contributed by atoms with Gasteiger partial charge in [-0.1, -0.05) is 30.3 Å². The van der Waals surface area contributed by atoms with Crippen LogP contribution in [0, 0.1) is 13.8 Å². The molecule has 0 bridgehead atoms. The third kappa shape index (κ3) is 5.85. The molecule has 0 saturated carbocycles. The molecule has 0 spiro atoms. The number of rotatable bonds is 7. The Morgan fingerprint density at radius 2 is 1.70 bits per heavy atom. The lowest BCUT2D eigenvalue weighted by Gasteiger charge is -2.24. The number of methoxy groups -OCH3 is 1. The summed E-state index contributed by atoms with van der Waals surface area (Å²) in [5.74, 6) is -2.62. The summed E-state index contributed by atoms with van der Waals surface area (Å²) >= 11 is 0. The Morgan fingerprint density at radius 3 is 2.27 bits per heavy atom. The molecule has 162 valence electrons. The monoisotopic (exact) mass is 426 g/mol. The average molecular weight is 426 g/mol. The second-order valence-electron chi connectivity index (χ2n) is 6.54. The maximum absolute atomic E-state index is 12.9. The zero-order valence-corrected chi connectivity index (χ0v) is 16.6. The number of alkyl halides is 3. The first-order valence-electron chi connectivity index (χ1n) is 8.86. The van der Waals surface area contributed by atoms with Crippen LogP contribution < -0.4 is 0 Å². The number of aryl methyl sites for hydroxylation is 1. The van der Waals surface area contributed by atoms with Gasteiger partial charge in [-0.05, 0) is 25.0 Å². The average Bonchev–Trinajstić information content (AvgIpc) is 2.98. The highest BCUT2D eigenvalue weighted by Crippen LogP contribution is 2.21. The highest BCUT2D eigenvalue weighted by atomic mass is 19.4. The summed E-state index contributed by atoms with van der Waals surface area (Å²) in [5, 5.41) is 0. The molecule has 0 radical (unpaired) electrons. The number of halogens is 3. The lowest BCUT2D eigenvalue weighted by atomic mass is 10.1. The van der Waals surface area contributed by atoms with E-state index in [4.69, 9.17) is 4.74 Å². The molecule has 10 heteroatoms. The Labute approximate surface area is 170 Å². The van der Waals surface area contributed by atoms with Crippen LogP contribution in [0.15, 0.2) is 30.3 Å². The first-order chi connectivity index (χ1) is 14.0. The van der Waals surface area contributed by atoms with Crippen LogP contribution >= 0.6 is 0 Å². The molecule has 1 heterocycles. The second kappa shape index (κ2) is 9.47. The molecule has 0 aliphatic carbocycles. The van der Waals surface area contributed by atoms with Crippen molar-refractivity contribution in [2.45, 2.75) is 26.6 Å². The maximum atomic E-state index is 12.9. The number of amides is 1. The van der Waals surface area contributed by atoms with Gasteiger partial charge < -0.3 is 19.4 Å². The van der Waals surface area contributed by atoms with Crippen LogP contribution in [0.4, 0.5) is 13.2 Å². The van der Waals surface area contributed by atoms with Crippen molar-refractivity contribution in [3.05, 3.63) is 58.4 Å². The molecule has 0 unspecified atom stereocenters. The van der Waals surface area contributed by atoms with Crippen LogP contribution in [0.1, 0.15) is 37.7 Å². The van der Waals surface area contributed by atoms with Crippen molar-refractivity contribution >= 4 is 17.8 Å². The summed E-state index contributed by atoms with van der Waals surface area (Å²) < 4.78 is 48.2. The first-order valence-corrected chi connectivity index (χ1v) is 8.86. The molecule has 2 aromatic rings. The number of nitrogens with one attached hydrogen (secondary N) is 1. The number of esters is 2. The Kier molecular flexibility index (Phi) is 7.25. The molecule has 1 aromatic heterocycles. The van der Waals surface area contributed by atoms with E-state index >= 15 is 0 Å². The zero-order valence-electron chi connectivity index (χ0n) is 16.6. The highest BCUT2D eigenvalue weighted by molar-refractivity contribution is 5.99. The minimum absolute atomic E-state index is 0.0777. The molecule has 30 heavy (non-hydrogen) atoms. The van der Waals surface area contributed by atoms with Gasteiger partial charge >= 0.3 is 18.1 Å². The number of nitrogens with zero attached hydrogens (tertiary/aromatic N) is 1. The zero-order chi connectivity index (χ0) is 22.5. The lowest BCUT2D eigenvalue weighted by Crippen LogP contribution is -2.40. The van der Waals surface area contributed by atoms with Crippen LogP contribution in [0.25, 0.3) is 0 Å². The molecular formula is C20H21F3N2O5. The maximum Gasteiger partial charge on any atom is 0.406 e. The van der Waals surface area contributed by atoms with Crippen LogP contribution in [-0.2, 0) is 20.8 Å². The fourth-order valence-corrected chi connectivity index (χ4v) is 2.91. The number of carbonyl (C=O) groups is 3. The van der Waals surface area contributed by atoms with Crippen molar-refractivity contribution in [3.63, 3.8) is 0 Å². The smallest absolute Gasteiger partial charge is 0.406 e. The van der Waals surface area contributed by atoms with Gasteiger partial charge in [0, 0.05) is 12.2 Å². The summed E-state index contributed by atoms with van der Waals surface area (Å²) in [6, 6.07) is 8.15. The van der Waals surface area contributed by atoms with Crippen LogP contribution in [0.3, 0.4) is 0 Å². The number of carbonyl (C=O) groups excluding carboxylic acids is 3. The van der Waals surface area contributed by atoms with Gasteiger partial charge in [0.2, 0.25) is 0 Å². The largest absolute Gasteiger partial charge is 0.465 e. The fraction of sp³-hybridized carbons (Fsp3) is 0.350. The lowest BCUT2D eigenvalue weighted by molar-refractivity contribution is -0.164. The molecule has 1 amide bonds. The third-order valence-corrected chi connectivity index (χ3v) is 4.30. The van der Waals surface area contributed by atoms with Crippen LogP contribution in [-0.4, -0.2) is 54.2 Å². The van der Waals surface area contributed by atoms with E-state index in [1.165, 1.54) is 14.0 Å². The first kappa shape index (κ1) is 23.0. The van der Waals surface area contributed by atoms with Crippen molar-refractivity contribution in [2.24, 2.45) is 0 Å². The number of ether oxygens (including phenoxy) is 2. The number of hydrogen-bond donors (Lipinski definition) is 1. The Balaban J connectivity index is 2.11. The van der Waals surface area contributed by atoms with Crippen molar-refractivity contribution in [1.29, 1.82) is 0 Å². The third-order valence-electron chi connectivity index (χ3n) is 4.30. The predicted molar refractivity (Wildman–Crippen MR) is 99.8 cm³/mol. The molecule has 7 nitrogen and oxygen atoms in total. The number of aromatic nitrogens is 1. The van der Waals surface area contributed by atoms with Crippen LogP contribution in [0.5, 0.6) is 0 Å². The van der Waals surface area contributed by atoms with E-state index in [-0.39, 0.29) is 23.4 Å². The van der Waals surface area contributed by atoms with Gasteiger partial charge in [-0.15, -0.1) is 0 Å². The van der Waals surface area contributed by atoms with Gasteiger partial charge in [0.15, 0.2) is 6.61 Å². The summed E-state index contributed by atoms with van der Waals surface area (Å²) in [6.07, 6.45) is -4.61. The molecule has 0 saturated heterocycles. The standard InChI is InChI=1S/C20H21F3N2O5/c1-12-16(18(27)29-3)13(2)24-17(12)19(28)30-10-15(26)25(11-20(21,22)23)9-14-7-5-4-6-8-14/h4-8,24H,9-11H2,1-3H3. The molecule has 0 aliphatic rings. The van der Waals surface area contributed by atoms with E-state index in [9.17, 15) is 27.6 Å². The molecular weight excluding hydrogens is 405 g/mol. The van der Waals surface area contributed by atoms with Crippen molar-refractivity contribution in [2.75, 3.05) is 20.3 Å². The topological polar surface area (TPSA) is 88.7 Å². The molecule has 1 aromatic carbocycles. The van der Waals surface area contributed by atoms with E-state index in [1.807, 2.05) is 0 Å². The highest BCUT2D eigenvalue weighted by Gasteiger charge is 2.33. The van der Waals surface area contributed by atoms with Crippen molar-refractivity contribution < 1.29 is 37.0 Å². The molecule has 0 atom stereocenters. The normalized spacial score (nSPS) is 11.1. The summed E-state index contributed by atoms with van der Waals surface area (Å²) in [7, 11) is 1.19. The summed E-state index contributed by atoms with van der Waals surface area (Å²) in [4.78, 5) is 39.7. The predicted octanol–water partition coefficient (Wildman–Crippen LogP) is 3.17. The number of hydrogen-bond acceptors (Lipinski definition) is 5. The minimum Gasteiger partial charge on any atom is -0.465 e. The molecule has 1 N–H and O–H groups in total. The quantitative estimate of drug-likeness (QED) is 0.687. The molecule has 2 rings (SSSR count). The Hall–Kier alpha value is -3.30. The van der Waals surface area contributed by atoms with Crippen molar-refractivity contribution in [1.82, 2.24) is 9.88 Å². The van der Waals surface area contributed by atoms with E-state index in [2.05, 4.69) is 9.72 Å². The SMILES string of the molecule is COC(=O)c1c(C)[nH]c(C(=O)OCC(=O)N(Cc2ccccc2)CC(F)(F)F)c1C. The molecule has 0 aliphatic heterocycles. The number of aromatic amines is 1. The van der Waals surface area contributed by atoms with Gasteiger partial charge in [0.1, 0.15) is 12.2 Å². The van der Waals surface area contributed by atoms with Gasteiger partial charge in [0.05, 0.1) is 12.7 Å². The fourth-order valence-electron chi connectivity index (χ4n) is 2.91. The van der Waals surface area contributed by atoms with Gasteiger partial charge in [-0.3, -0.25) is 4.79 Å². The van der Waals surface area contributed by atoms with E-state index in [0.29, 0.717) is 16.2 Å².